The average molecular weight is 489 g/mol. The molecule has 2 aliphatic heterocycles. The maximum atomic E-state index is 13.0. The molecule has 0 radical (unpaired) electrons. The van der Waals surface area contributed by atoms with Crippen LogP contribution in [0.25, 0.3) is 11.2 Å². The molecule has 0 amide bonds. The Morgan fingerprint density at radius 1 is 1.11 bits per heavy atom. The number of aromatic amines is 1. The number of rotatable bonds is 6. The van der Waals surface area contributed by atoms with Gasteiger partial charge in [0, 0.05) is 44.2 Å². The molecule has 2 aliphatic rings. The second kappa shape index (κ2) is 8.90. The summed E-state index contributed by atoms with van der Waals surface area (Å²) < 4.78 is 5.62. The van der Waals surface area contributed by atoms with Crippen LogP contribution in [0.5, 0.6) is 0 Å². The smallest absolute Gasteiger partial charge is 0.330 e. The predicted octanol–water partition coefficient (Wildman–Crippen LogP) is 1.71. The van der Waals surface area contributed by atoms with Crippen LogP contribution >= 0.6 is 0 Å². The van der Waals surface area contributed by atoms with Gasteiger partial charge in [-0.05, 0) is 32.3 Å². The number of hydrogen-bond donors (Lipinski definition) is 2. The summed E-state index contributed by atoms with van der Waals surface area (Å²) in [5.74, 6) is 2.49. The summed E-state index contributed by atoms with van der Waals surface area (Å²) in [5, 5.41) is 0. The van der Waals surface area contributed by atoms with Gasteiger partial charge in [0.05, 0.1) is 5.69 Å². The molecular weight excluding hydrogens is 460 g/mol. The lowest BCUT2D eigenvalue weighted by atomic mass is 10.1. The third-order valence-electron chi connectivity index (χ3n) is 6.78. The number of hydroxylamine groups is 1. The van der Waals surface area contributed by atoms with Gasteiger partial charge >= 0.3 is 5.69 Å². The molecule has 0 saturated carbocycles. The van der Waals surface area contributed by atoms with Crippen molar-refractivity contribution in [1.82, 2.24) is 34.1 Å². The van der Waals surface area contributed by atoms with Crippen LogP contribution in [0.15, 0.2) is 45.0 Å². The molecule has 0 spiro atoms. The predicted molar refractivity (Wildman–Crippen MR) is 134 cm³/mol. The van der Waals surface area contributed by atoms with Crippen molar-refractivity contribution in [3.05, 3.63) is 79.8 Å². The monoisotopic (exact) mass is 488 g/mol. The third kappa shape index (κ3) is 3.95. The minimum Gasteiger partial charge on any atom is -0.335 e. The van der Waals surface area contributed by atoms with Gasteiger partial charge in [0.2, 0.25) is 0 Å². The van der Waals surface area contributed by atoms with Crippen molar-refractivity contribution >= 4 is 17.0 Å². The first kappa shape index (κ1) is 22.5. The Kier molecular flexibility index (Phi) is 5.56. The molecule has 0 bridgehead atoms. The van der Waals surface area contributed by atoms with Crippen LogP contribution in [0.4, 0.5) is 0 Å². The lowest BCUT2D eigenvalue weighted by molar-refractivity contribution is 0.0504. The Hall–Kier alpha value is -3.99. The number of aliphatic imine (C=N–C) groups is 1. The molecule has 0 saturated heterocycles. The van der Waals surface area contributed by atoms with Crippen molar-refractivity contribution in [2.75, 3.05) is 0 Å². The zero-order valence-electron chi connectivity index (χ0n) is 20.3. The molecule has 1 unspecified atom stereocenters. The molecule has 3 aromatic heterocycles. The van der Waals surface area contributed by atoms with Gasteiger partial charge in [-0.25, -0.2) is 30.1 Å². The number of aryl methyl sites for hydroxylation is 3. The van der Waals surface area contributed by atoms with E-state index in [1.165, 1.54) is 4.57 Å². The fourth-order valence-electron chi connectivity index (χ4n) is 4.99. The van der Waals surface area contributed by atoms with Gasteiger partial charge < -0.3 is 9.13 Å². The van der Waals surface area contributed by atoms with Gasteiger partial charge in [-0.1, -0.05) is 24.3 Å². The lowest BCUT2D eigenvalue weighted by Gasteiger charge is -2.11. The Morgan fingerprint density at radius 3 is 2.67 bits per heavy atom. The van der Waals surface area contributed by atoms with E-state index in [9.17, 15) is 9.59 Å². The maximum Gasteiger partial charge on any atom is 0.330 e. The van der Waals surface area contributed by atoms with E-state index < -0.39 is 11.2 Å². The third-order valence-corrected chi connectivity index (χ3v) is 6.78. The number of H-pyrrole nitrogens is 1. The first-order valence-electron chi connectivity index (χ1n) is 12.4. The van der Waals surface area contributed by atoms with Crippen molar-refractivity contribution in [2.45, 2.75) is 65.4 Å². The van der Waals surface area contributed by atoms with Gasteiger partial charge in [0.25, 0.3) is 5.56 Å². The van der Waals surface area contributed by atoms with Crippen molar-refractivity contribution in [3.8, 4) is 0 Å². The number of fused-ring (bicyclic) bond motifs is 2. The van der Waals surface area contributed by atoms with E-state index in [1.54, 1.807) is 0 Å². The molecule has 1 atom stereocenters. The summed E-state index contributed by atoms with van der Waals surface area (Å²) in [6, 6.07) is 7.93. The number of imidazole rings is 2. The molecule has 11 nitrogen and oxygen atoms in total. The first-order valence-corrected chi connectivity index (χ1v) is 12.4. The largest absolute Gasteiger partial charge is 0.335 e. The van der Waals surface area contributed by atoms with Crippen molar-refractivity contribution < 1.29 is 4.84 Å². The molecule has 6 rings (SSSR count). The summed E-state index contributed by atoms with van der Waals surface area (Å²) in [6.07, 6.45) is 5.61. The quantitative estimate of drug-likeness (QED) is 0.426. The fourth-order valence-corrected chi connectivity index (χ4v) is 4.99. The highest BCUT2D eigenvalue weighted by molar-refractivity contribution is 5.98. The van der Waals surface area contributed by atoms with Crippen LogP contribution in [0.1, 0.15) is 55.2 Å². The molecule has 0 fully saturated rings. The Bertz CT molecular complexity index is 1560. The van der Waals surface area contributed by atoms with Crippen molar-refractivity contribution in [3.63, 3.8) is 0 Å². The van der Waals surface area contributed by atoms with Crippen LogP contribution in [0.2, 0.25) is 0 Å². The Balaban J connectivity index is 1.41. The molecule has 1 aromatic carbocycles. The molecule has 0 aliphatic carbocycles. The average Bonchev–Trinajstić information content (AvgIpc) is 3.57. The van der Waals surface area contributed by atoms with Gasteiger partial charge in [-0.3, -0.25) is 14.3 Å². The minimum atomic E-state index is -0.450. The second-order valence-corrected chi connectivity index (χ2v) is 9.26. The molecule has 186 valence electrons. The summed E-state index contributed by atoms with van der Waals surface area (Å²) in [4.78, 5) is 47.2. The highest BCUT2D eigenvalue weighted by Crippen LogP contribution is 2.20. The highest BCUT2D eigenvalue weighted by Gasteiger charge is 2.21. The van der Waals surface area contributed by atoms with Gasteiger partial charge in [-0.15, -0.1) is 0 Å². The van der Waals surface area contributed by atoms with Crippen LogP contribution in [-0.4, -0.2) is 40.7 Å². The Morgan fingerprint density at radius 2 is 1.94 bits per heavy atom. The second-order valence-electron chi connectivity index (χ2n) is 9.26. The number of nitrogens with one attached hydrogen (secondary N) is 2. The van der Waals surface area contributed by atoms with Crippen molar-refractivity contribution in [2.24, 2.45) is 4.99 Å². The first-order chi connectivity index (χ1) is 17.5. The van der Waals surface area contributed by atoms with E-state index in [2.05, 4.69) is 26.2 Å². The van der Waals surface area contributed by atoms with Gasteiger partial charge in [0.15, 0.2) is 23.2 Å². The molecular formula is C25H28N8O3. The number of hydrogen-bond acceptors (Lipinski definition) is 7. The zero-order chi connectivity index (χ0) is 24.8. The topological polar surface area (TPSA) is 124 Å². The zero-order valence-corrected chi connectivity index (χ0v) is 20.3. The van der Waals surface area contributed by atoms with Crippen LogP contribution < -0.4 is 16.7 Å². The number of benzene rings is 1. The number of nitrogens with zero attached hydrogens (tertiary/aromatic N) is 6. The van der Waals surface area contributed by atoms with E-state index in [0.29, 0.717) is 42.3 Å². The lowest BCUT2D eigenvalue weighted by Crippen LogP contribution is -2.30. The van der Waals surface area contributed by atoms with Crippen LogP contribution in [0, 0.1) is 0 Å². The summed E-state index contributed by atoms with van der Waals surface area (Å²) in [5.41, 5.74) is 5.57. The highest BCUT2D eigenvalue weighted by atomic mass is 16.7. The van der Waals surface area contributed by atoms with Crippen LogP contribution in [0.3, 0.4) is 0 Å². The molecule has 2 N–H and O–H groups in total. The normalized spacial score (nSPS) is 17.3. The minimum absolute atomic E-state index is 0.226. The van der Waals surface area contributed by atoms with E-state index in [-0.39, 0.29) is 6.23 Å². The molecule has 4 aromatic rings. The van der Waals surface area contributed by atoms with Crippen LogP contribution in [-0.2, 0) is 37.3 Å². The standard InChI is InChI=1S/C25H28N8O3/c1-3-32-23-21(24(34)29-25(32)35)33(13-16-7-9-17(10-8-16)22-26-15(2)36-30-22)20(28-23)12-18-14-31-11-5-4-6-19(31)27-18/h7-10,14-15H,3-6,11-13H2,1-2H3,(H,26,30)(H,29,34,35). The fraction of sp³-hybridized carbons (Fsp3) is 0.400. The van der Waals surface area contributed by atoms with E-state index in [0.717, 1.165) is 48.5 Å². The van der Waals surface area contributed by atoms with Crippen molar-refractivity contribution in [1.29, 1.82) is 0 Å². The van der Waals surface area contributed by atoms with E-state index >= 15 is 0 Å². The summed E-state index contributed by atoms with van der Waals surface area (Å²) >= 11 is 0. The summed E-state index contributed by atoms with van der Waals surface area (Å²) in [6.45, 7) is 5.54. The van der Waals surface area contributed by atoms with E-state index in [4.69, 9.17) is 14.8 Å². The molecule has 36 heavy (non-hydrogen) atoms. The number of amidine groups is 1. The Labute approximate surface area is 206 Å². The van der Waals surface area contributed by atoms with Gasteiger partial charge in [0.1, 0.15) is 11.6 Å². The molecule has 11 heteroatoms. The number of aromatic nitrogens is 6. The van der Waals surface area contributed by atoms with Gasteiger partial charge in [-0.2, -0.15) is 0 Å². The maximum absolute atomic E-state index is 13.0. The summed E-state index contributed by atoms with van der Waals surface area (Å²) in [7, 11) is 0. The van der Waals surface area contributed by atoms with E-state index in [1.807, 2.05) is 42.7 Å². The SMILES string of the molecule is CCn1c(=O)[nH]c(=O)c2c1nc(Cc1cn3c(n1)CCCC3)n2Cc1ccc(C2=NC(C)ON2)cc1. The molecule has 5 heterocycles.